The fourth-order valence-electron chi connectivity index (χ4n) is 2.73. The molecule has 1 heterocycles. The van der Waals surface area contributed by atoms with Gasteiger partial charge in [-0.15, -0.1) is 0 Å². The van der Waals surface area contributed by atoms with E-state index < -0.39 is 17.2 Å². The normalized spacial score (nSPS) is 12.0. The lowest BCUT2D eigenvalue weighted by atomic mass is 10.00. The highest BCUT2D eigenvalue weighted by Crippen LogP contribution is 2.21. The van der Waals surface area contributed by atoms with E-state index in [-0.39, 0.29) is 30.2 Å². The molecule has 5 nitrogen and oxygen atoms in total. The minimum Gasteiger partial charge on any atom is -0.396 e. The van der Waals surface area contributed by atoms with Gasteiger partial charge in [-0.25, -0.2) is 4.39 Å². The summed E-state index contributed by atoms with van der Waals surface area (Å²) in [5.74, 6) is -1.22. The Morgan fingerprint density at radius 3 is 2.57 bits per heavy atom. The van der Waals surface area contributed by atoms with Crippen molar-refractivity contribution in [3.63, 3.8) is 0 Å². The van der Waals surface area contributed by atoms with Gasteiger partial charge in [0.15, 0.2) is 5.78 Å². The summed E-state index contributed by atoms with van der Waals surface area (Å²) in [5, 5.41) is 14.1. The molecule has 1 aromatic heterocycles. The first-order chi connectivity index (χ1) is 13.4. The molecule has 0 radical (unpaired) electrons. The SMILES string of the molecule is C[C@@H](CO)CC(=O)c1cc(-c2ccc(Cl)cc2)nn(-c2cccc(F)c2)c1=O. The number of hydrogen-bond donors (Lipinski definition) is 1. The van der Waals surface area contributed by atoms with Crippen molar-refractivity contribution in [2.24, 2.45) is 5.92 Å². The molecule has 1 atom stereocenters. The topological polar surface area (TPSA) is 72.2 Å². The highest BCUT2D eigenvalue weighted by molar-refractivity contribution is 6.30. The second-order valence-electron chi connectivity index (χ2n) is 6.56. The van der Waals surface area contributed by atoms with Crippen LogP contribution in [0.2, 0.25) is 5.02 Å². The maximum Gasteiger partial charge on any atom is 0.282 e. The zero-order valence-corrected chi connectivity index (χ0v) is 15.9. The Kier molecular flexibility index (Phi) is 6.02. The van der Waals surface area contributed by atoms with Gasteiger partial charge in [-0.2, -0.15) is 9.78 Å². The molecule has 0 aliphatic heterocycles. The Morgan fingerprint density at radius 1 is 1.21 bits per heavy atom. The lowest BCUT2D eigenvalue weighted by molar-refractivity contribution is 0.0941. The van der Waals surface area contributed by atoms with Gasteiger partial charge in [0.1, 0.15) is 5.82 Å². The molecule has 0 fully saturated rings. The Balaban J connectivity index is 2.19. The second-order valence-corrected chi connectivity index (χ2v) is 7.00. The molecule has 0 aliphatic rings. The third kappa shape index (κ3) is 4.35. The number of aliphatic hydroxyl groups excluding tert-OH is 1. The molecule has 3 rings (SSSR count). The van der Waals surface area contributed by atoms with Crippen LogP contribution in [0.5, 0.6) is 0 Å². The summed E-state index contributed by atoms with van der Waals surface area (Å²) in [6.45, 7) is 1.54. The molecule has 0 unspecified atom stereocenters. The zero-order chi connectivity index (χ0) is 20.3. The predicted octanol–water partition coefficient (Wildman–Crippen LogP) is 3.89. The van der Waals surface area contributed by atoms with Gasteiger partial charge in [-0.1, -0.05) is 36.7 Å². The summed E-state index contributed by atoms with van der Waals surface area (Å²) in [7, 11) is 0. The van der Waals surface area contributed by atoms with Crippen molar-refractivity contribution in [1.82, 2.24) is 9.78 Å². The fourth-order valence-corrected chi connectivity index (χ4v) is 2.86. The lowest BCUT2D eigenvalue weighted by Gasteiger charge is -2.12. The number of aliphatic hydroxyl groups is 1. The minimum absolute atomic E-state index is 0.0129. The summed E-state index contributed by atoms with van der Waals surface area (Å²) in [4.78, 5) is 25.6. The van der Waals surface area contributed by atoms with Crippen LogP contribution in [0.1, 0.15) is 23.7 Å². The monoisotopic (exact) mass is 400 g/mol. The molecule has 144 valence electrons. The first-order valence-electron chi connectivity index (χ1n) is 8.69. The van der Waals surface area contributed by atoms with Gasteiger partial charge < -0.3 is 5.11 Å². The van der Waals surface area contributed by atoms with E-state index in [1.807, 2.05) is 0 Å². The predicted molar refractivity (Wildman–Crippen MR) is 105 cm³/mol. The third-order valence-corrected chi connectivity index (χ3v) is 4.50. The van der Waals surface area contributed by atoms with Crippen LogP contribution in [0.3, 0.4) is 0 Å². The maximum atomic E-state index is 13.7. The summed E-state index contributed by atoms with van der Waals surface area (Å²) < 4.78 is 14.7. The van der Waals surface area contributed by atoms with Crippen molar-refractivity contribution < 1.29 is 14.3 Å². The molecule has 7 heteroatoms. The average Bonchev–Trinajstić information content (AvgIpc) is 2.68. The number of carbonyl (C=O) groups is 1. The standard InChI is InChI=1S/C21H18ClFN2O3/c1-13(12-26)9-20(27)18-11-19(14-5-7-15(22)8-6-14)24-25(21(18)28)17-4-2-3-16(23)10-17/h2-8,10-11,13,26H,9,12H2,1H3/t13-/m1/s1. The summed E-state index contributed by atoms with van der Waals surface area (Å²) >= 11 is 5.93. The number of rotatable bonds is 6. The van der Waals surface area contributed by atoms with Gasteiger partial charge in [0.2, 0.25) is 0 Å². The summed E-state index contributed by atoms with van der Waals surface area (Å²) in [6.07, 6.45) is 0.0129. The Morgan fingerprint density at radius 2 is 1.93 bits per heavy atom. The number of Topliss-reactive ketones (excluding diaryl/α,β-unsaturated/α-hetero) is 1. The molecular formula is C21H18ClFN2O3. The van der Waals surface area contributed by atoms with Crippen LogP contribution >= 0.6 is 11.6 Å². The van der Waals surface area contributed by atoms with E-state index >= 15 is 0 Å². The van der Waals surface area contributed by atoms with Gasteiger partial charge >= 0.3 is 0 Å². The van der Waals surface area contributed by atoms with Crippen LogP contribution in [-0.2, 0) is 0 Å². The molecule has 0 saturated carbocycles. The van der Waals surface area contributed by atoms with E-state index in [1.54, 1.807) is 31.2 Å². The number of hydrogen-bond acceptors (Lipinski definition) is 4. The fraction of sp³-hybridized carbons (Fsp3) is 0.190. The quantitative estimate of drug-likeness (QED) is 0.637. The van der Waals surface area contributed by atoms with Crippen LogP contribution in [-0.4, -0.2) is 27.3 Å². The number of benzene rings is 2. The van der Waals surface area contributed by atoms with Crippen LogP contribution in [0, 0.1) is 11.7 Å². The minimum atomic E-state index is -0.640. The molecule has 0 aliphatic carbocycles. The molecule has 2 aromatic carbocycles. The van der Waals surface area contributed by atoms with Crippen molar-refractivity contribution in [3.8, 4) is 16.9 Å². The molecule has 0 saturated heterocycles. The molecule has 28 heavy (non-hydrogen) atoms. The van der Waals surface area contributed by atoms with E-state index in [0.29, 0.717) is 16.3 Å². The summed E-state index contributed by atoms with van der Waals surface area (Å²) in [5.41, 5.74) is 0.535. The van der Waals surface area contributed by atoms with Crippen LogP contribution in [0.15, 0.2) is 59.4 Å². The summed E-state index contributed by atoms with van der Waals surface area (Å²) in [6, 6.07) is 13.6. The van der Waals surface area contributed by atoms with Gasteiger partial charge in [0.25, 0.3) is 5.56 Å². The van der Waals surface area contributed by atoms with E-state index in [2.05, 4.69) is 5.10 Å². The highest BCUT2D eigenvalue weighted by Gasteiger charge is 2.19. The lowest BCUT2D eigenvalue weighted by Crippen LogP contribution is -2.28. The van der Waals surface area contributed by atoms with Crippen molar-refractivity contribution in [2.75, 3.05) is 6.61 Å². The number of halogens is 2. The van der Waals surface area contributed by atoms with Crippen molar-refractivity contribution in [1.29, 1.82) is 0 Å². The second kappa shape index (κ2) is 8.46. The van der Waals surface area contributed by atoms with E-state index in [0.717, 1.165) is 4.68 Å². The Bertz CT molecular complexity index is 1060. The first-order valence-corrected chi connectivity index (χ1v) is 9.07. The van der Waals surface area contributed by atoms with E-state index in [4.69, 9.17) is 11.6 Å². The number of aromatic nitrogens is 2. The van der Waals surface area contributed by atoms with Crippen LogP contribution in [0.25, 0.3) is 16.9 Å². The Labute approximate surface area is 166 Å². The number of nitrogens with zero attached hydrogens (tertiary/aromatic N) is 2. The number of carbonyl (C=O) groups excluding carboxylic acids is 1. The van der Waals surface area contributed by atoms with Gasteiger partial charge in [0, 0.05) is 23.6 Å². The van der Waals surface area contributed by atoms with Gasteiger partial charge in [-0.05, 0) is 42.3 Å². The molecule has 0 bridgehead atoms. The zero-order valence-electron chi connectivity index (χ0n) is 15.1. The molecule has 0 spiro atoms. The first kappa shape index (κ1) is 19.9. The van der Waals surface area contributed by atoms with Crippen LogP contribution < -0.4 is 5.56 Å². The molecule has 1 N–H and O–H groups in total. The van der Waals surface area contributed by atoms with Crippen molar-refractivity contribution in [2.45, 2.75) is 13.3 Å². The van der Waals surface area contributed by atoms with E-state index in [9.17, 15) is 19.1 Å². The highest BCUT2D eigenvalue weighted by atomic mass is 35.5. The maximum absolute atomic E-state index is 13.7. The largest absolute Gasteiger partial charge is 0.396 e. The molecule has 0 amide bonds. The molecule has 3 aromatic rings. The van der Waals surface area contributed by atoms with E-state index in [1.165, 1.54) is 30.3 Å². The van der Waals surface area contributed by atoms with Crippen molar-refractivity contribution >= 4 is 17.4 Å². The average molecular weight is 401 g/mol. The van der Waals surface area contributed by atoms with Crippen molar-refractivity contribution in [3.05, 3.63) is 81.4 Å². The van der Waals surface area contributed by atoms with Gasteiger partial charge in [0.05, 0.1) is 16.9 Å². The van der Waals surface area contributed by atoms with Crippen LogP contribution in [0.4, 0.5) is 4.39 Å². The van der Waals surface area contributed by atoms with Gasteiger partial charge in [-0.3, -0.25) is 9.59 Å². The molecular weight excluding hydrogens is 383 g/mol. The Hall–Kier alpha value is -2.83. The smallest absolute Gasteiger partial charge is 0.282 e. The number of ketones is 1. The third-order valence-electron chi connectivity index (χ3n) is 4.25.